The molecule has 0 saturated heterocycles. The summed E-state index contributed by atoms with van der Waals surface area (Å²) < 4.78 is 24.5. The van der Waals surface area contributed by atoms with Gasteiger partial charge in [-0.05, 0) is 13.3 Å². The fourth-order valence-electron chi connectivity index (χ4n) is 0.862. The standard InChI is InChI=1S/C9H16F2O/c1-7(2)8(12)5-4-6-9(3,10)11/h7H,4-6H2,1-3H3. The predicted molar refractivity (Wildman–Crippen MR) is 44.3 cm³/mol. The average Bonchev–Trinajstić information content (AvgIpc) is 1.84. The lowest BCUT2D eigenvalue weighted by Gasteiger charge is -2.09. The number of rotatable bonds is 5. The first-order chi connectivity index (χ1) is 5.33. The molecule has 0 aliphatic carbocycles. The van der Waals surface area contributed by atoms with E-state index in [1.807, 2.05) is 0 Å². The number of alkyl halides is 2. The molecule has 12 heavy (non-hydrogen) atoms. The molecule has 72 valence electrons. The van der Waals surface area contributed by atoms with E-state index in [-0.39, 0.29) is 24.5 Å². The highest BCUT2D eigenvalue weighted by molar-refractivity contribution is 5.80. The van der Waals surface area contributed by atoms with Crippen LogP contribution in [0.5, 0.6) is 0 Å². The van der Waals surface area contributed by atoms with Gasteiger partial charge in [-0.25, -0.2) is 8.78 Å². The molecule has 0 radical (unpaired) electrons. The van der Waals surface area contributed by atoms with Crippen LogP contribution in [0.4, 0.5) is 8.78 Å². The van der Waals surface area contributed by atoms with Crippen molar-refractivity contribution in [2.45, 2.75) is 46.0 Å². The van der Waals surface area contributed by atoms with Gasteiger partial charge in [-0.2, -0.15) is 0 Å². The number of halogens is 2. The van der Waals surface area contributed by atoms with Crippen LogP contribution in [0, 0.1) is 5.92 Å². The second-order valence-electron chi connectivity index (χ2n) is 3.54. The minimum Gasteiger partial charge on any atom is -0.299 e. The van der Waals surface area contributed by atoms with Crippen molar-refractivity contribution in [1.82, 2.24) is 0 Å². The molecule has 0 aromatic rings. The molecule has 0 spiro atoms. The average molecular weight is 178 g/mol. The normalized spacial score (nSPS) is 12.2. The summed E-state index contributed by atoms with van der Waals surface area (Å²) in [5.74, 6) is -2.59. The molecule has 0 rings (SSSR count). The van der Waals surface area contributed by atoms with Crippen LogP contribution in [0.1, 0.15) is 40.0 Å². The summed E-state index contributed by atoms with van der Waals surface area (Å²) in [6.07, 6.45) is 0.382. The van der Waals surface area contributed by atoms with Crippen LogP contribution >= 0.6 is 0 Å². The third-order valence-electron chi connectivity index (χ3n) is 1.68. The van der Waals surface area contributed by atoms with Gasteiger partial charge >= 0.3 is 0 Å². The fourth-order valence-corrected chi connectivity index (χ4v) is 0.862. The lowest BCUT2D eigenvalue weighted by atomic mass is 10.0. The van der Waals surface area contributed by atoms with Gasteiger partial charge in [0.15, 0.2) is 0 Å². The highest BCUT2D eigenvalue weighted by Gasteiger charge is 2.20. The van der Waals surface area contributed by atoms with Crippen LogP contribution in [0.2, 0.25) is 0 Å². The first-order valence-corrected chi connectivity index (χ1v) is 4.23. The Bertz CT molecular complexity index is 147. The van der Waals surface area contributed by atoms with Gasteiger partial charge in [0.2, 0.25) is 5.92 Å². The van der Waals surface area contributed by atoms with Gasteiger partial charge in [0.1, 0.15) is 5.78 Å². The summed E-state index contributed by atoms with van der Waals surface area (Å²) in [6, 6.07) is 0. The van der Waals surface area contributed by atoms with Crippen molar-refractivity contribution in [3.8, 4) is 0 Å². The van der Waals surface area contributed by atoms with Crippen molar-refractivity contribution in [3.63, 3.8) is 0 Å². The van der Waals surface area contributed by atoms with Crippen LogP contribution in [0.3, 0.4) is 0 Å². The minimum atomic E-state index is -2.63. The Kier molecular flexibility index (Phi) is 4.35. The van der Waals surface area contributed by atoms with Crippen molar-refractivity contribution in [2.24, 2.45) is 5.92 Å². The predicted octanol–water partition coefficient (Wildman–Crippen LogP) is 3.04. The quantitative estimate of drug-likeness (QED) is 0.632. The topological polar surface area (TPSA) is 17.1 Å². The first-order valence-electron chi connectivity index (χ1n) is 4.23. The molecule has 0 aromatic heterocycles. The molecule has 0 aliphatic rings. The summed E-state index contributed by atoms with van der Waals surface area (Å²) >= 11 is 0. The second-order valence-corrected chi connectivity index (χ2v) is 3.54. The van der Waals surface area contributed by atoms with Crippen molar-refractivity contribution < 1.29 is 13.6 Å². The molecular weight excluding hydrogens is 162 g/mol. The van der Waals surface area contributed by atoms with E-state index < -0.39 is 5.92 Å². The van der Waals surface area contributed by atoms with Crippen molar-refractivity contribution in [1.29, 1.82) is 0 Å². The largest absolute Gasteiger partial charge is 0.299 e. The molecule has 0 aliphatic heterocycles. The number of hydrogen-bond acceptors (Lipinski definition) is 1. The number of ketones is 1. The number of carbonyl (C=O) groups excluding carboxylic acids is 1. The zero-order valence-electron chi connectivity index (χ0n) is 7.86. The molecule has 0 N–H and O–H groups in total. The van der Waals surface area contributed by atoms with Crippen LogP contribution in [-0.2, 0) is 4.79 Å². The smallest absolute Gasteiger partial charge is 0.245 e. The van der Waals surface area contributed by atoms with Crippen molar-refractivity contribution >= 4 is 5.78 Å². The Morgan fingerprint density at radius 2 is 1.92 bits per heavy atom. The summed E-state index contributed by atoms with van der Waals surface area (Å²) in [7, 11) is 0. The first kappa shape index (κ1) is 11.5. The molecule has 0 bridgehead atoms. The Labute approximate surface area is 72.2 Å². The number of hydrogen-bond donors (Lipinski definition) is 0. The van der Waals surface area contributed by atoms with E-state index in [1.165, 1.54) is 0 Å². The molecule has 0 heterocycles. The van der Waals surface area contributed by atoms with E-state index >= 15 is 0 Å². The maximum Gasteiger partial charge on any atom is 0.245 e. The molecule has 3 heteroatoms. The van der Waals surface area contributed by atoms with Gasteiger partial charge < -0.3 is 0 Å². The minimum absolute atomic E-state index is 0.0320. The third kappa shape index (κ3) is 6.25. The van der Waals surface area contributed by atoms with Gasteiger partial charge in [-0.3, -0.25) is 4.79 Å². The lowest BCUT2D eigenvalue weighted by molar-refractivity contribution is -0.122. The summed E-state index contributed by atoms with van der Waals surface area (Å²) in [5.41, 5.74) is 0. The van der Waals surface area contributed by atoms with Crippen LogP contribution in [-0.4, -0.2) is 11.7 Å². The molecule has 1 nitrogen and oxygen atoms in total. The second kappa shape index (κ2) is 4.53. The molecular formula is C9H16F2O. The molecule has 0 unspecified atom stereocenters. The van der Waals surface area contributed by atoms with Crippen molar-refractivity contribution in [3.05, 3.63) is 0 Å². The van der Waals surface area contributed by atoms with E-state index in [4.69, 9.17) is 0 Å². The van der Waals surface area contributed by atoms with Crippen molar-refractivity contribution in [2.75, 3.05) is 0 Å². The molecule has 0 amide bonds. The lowest BCUT2D eigenvalue weighted by Crippen LogP contribution is -2.12. The fraction of sp³-hybridized carbons (Fsp3) is 0.889. The zero-order chi connectivity index (χ0) is 9.78. The molecule has 0 fully saturated rings. The van der Waals surface area contributed by atoms with E-state index in [0.29, 0.717) is 6.42 Å². The van der Waals surface area contributed by atoms with Crippen LogP contribution < -0.4 is 0 Å². The van der Waals surface area contributed by atoms with E-state index in [0.717, 1.165) is 6.92 Å². The Morgan fingerprint density at radius 1 is 1.42 bits per heavy atom. The van der Waals surface area contributed by atoms with E-state index in [9.17, 15) is 13.6 Å². The van der Waals surface area contributed by atoms with Crippen LogP contribution in [0.25, 0.3) is 0 Å². The van der Waals surface area contributed by atoms with Crippen LogP contribution in [0.15, 0.2) is 0 Å². The summed E-state index contributed by atoms with van der Waals surface area (Å²) in [6.45, 7) is 4.45. The van der Waals surface area contributed by atoms with Gasteiger partial charge in [0, 0.05) is 18.8 Å². The van der Waals surface area contributed by atoms with Gasteiger partial charge in [-0.15, -0.1) is 0 Å². The van der Waals surface area contributed by atoms with Gasteiger partial charge in [-0.1, -0.05) is 13.8 Å². The summed E-state index contributed by atoms with van der Waals surface area (Å²) in [5, 5.41) is 0. The number of Topliss-reactive ketones (excluding diaryl/α,β-unsaturated/α-hetero) is 1. The Hall–Kier alpha value is -0.470. The highest BCUT2D eigenvalue weighted by Crippen LogP contribution is 2.20. The Balaban J connectivity index is 3.51. The molecule has 0 aromatic carbocycles. The maximum atomic E-state index is 12.3. The van der Waals surface area contributed by atoms with E-state index in [1.54, 1.807) is 13.8 Å². The molecule has 0 saturated carbocycles. The third-order valence-corrected chi connectivity index (χ3v) is 1.68. The van der Waals surface area contributed by atoms with Gasteiger partial charge in [0.25, 0.3) is 0 Å². The number of carbonyl (C=O) groups is 1. The Morgan fingerprint density at radius 3 is 2.25 bits per heavy atom. The maximum absolute atomic E-state index is 12.3. The molecule has 0 atom stereocenters. The monoisotopic (exact) mass is 178 g/mol. The SMILES string of the molecule is CC(C)C(=O)CCCC(C)(F)F. The highest BCUT2D eigenvalue weighted by atomic mass is 19.3. The zero-order valence-corrected chi connectivity index (χ0v) is 7.86. The summed E-state index contributed by atoms with van der Waals surface area (Å²) in [4.78, 5) is 11.0. The van der Waals surface area contributed by atoms with Gasteiger partial charge in [0.05, 0.1) is 0 Å². The van der Waals surface area contributed by atoms with E-state index in [2.05, 4.69) is 0 Å².